The first-order valence-corrected chi connectivity index (χ1v) is 8.53. The van der Waals surface area contributed by atoms with Crippen LogP contribution >= 0.6 is 11.8 Å². The molecule has 5 heteroatoms. The molecule has 2 aliphatic rings. The van der Waals surface area contributed by atoms with Crippen molar-refractivity contribution < 1.29 is 9.59 Å². The molecule has 1 aromatic carbocycles. The Hall–Kier alpha value is -1.49. The number of carbonyl (C=O) groups is 2. The van der Waals surface area contributed by atoms with E-state index >= 15 is 0 Å². The van der Waals surface area contributed by atoms with E-state index in [4.69, 9.17) is 0 Å². The van der Waals surface area contributed by atoms with E-state index in [0.717, 1.165) is 12.8 Å². The van der Waals surface area contributed by atoms with Gasteiger partial charge in [-0.1, -0.05) is 36.8 Å². The molecule has 1 aliphatic heterocycles. The molecule has 1 aliphatic carbocycles. The molecule has 1 saturated carbocycles. The maximum atomic E-state index is 12.0. The third-order valence-corrected chi connectivity index (χ3v) is 5.43. The summed E-state index contributed by atoms with van der Waals surface area (Å²) in [6, 6.07) is 10.4. The summed E-state index contributed by atoms with van der Waals surface area (Å²) in [5.41, 5.74) is 1.41. The van der Waals surface area contributed by atoms with Crippen LogP contribution in [0, 0.1) is 0 Å². The van der Waals surface area contributed by atoms with Gasteiger partial charge >= 0.3 is 0 Å². The molecule has 1 saturated heterocycles. The molecule has 3 rings (SSSR count). The highest BCUT2D eigenvalue weighted by atomic mass is 32.2. The van der Waals surface area contributed by atoms with Crippen LogP contribution in [0.1, 0.15) is 24.8 Å². The van der Waals surface area contributed by atoms with Crippen molar-refractivity contribution in [2.45, 2.75) is 24.7 Å². The predicted molar refractivity (Wildman–Crippen MR) is 84.0 cm³/mol. The van der Waals surface area contributed by atoms with Gasteiger partial charge in [-0.3, -0.25) is 9.59 Å². The minimum atomic E-state index is -0.0481. The Morgan fingerprint density at radius 2 is 2.05 bits per heavy atom. The lowest BCUT2D eigenvalue weighted by Gasteiger charge is -2.42. The molecule has 0 atom stereocenters. The average molecular weight is 304 g/mol. The summed E-state index contributed by atoms with van der Waals surface area (Å²) in [6.45, 7) is 0.863. The van der Waals surface area contributed by atoms with E-state index in [2.05, 4.69) is 29.6 Å². The average Bonchev–Trinajstić information content (AvgIpc) is 2.84. The van der Waals surface area contributed by atoms with Crippen LogP contribution in [0.25, 0.3) is 0 Å². The first-order chi connectivity index (χ1) is 10.2. The van der Waals surface area contributed by atoms with Gasteiger partial charge in [0.25, 0.3) is 0 Å². The zero-order chi connectivity index (χ0) is 14.7. The van der Waals surface area contributed by atoms with Crippen LogP contribution in [0.2, 0.25) is 0 Å². The van der Waals surface area contributed by atoms with Crippen molar-refractivity contribution in [1.82, 2.24) is 10.2 Å². The number of hydrogen-bond donors (Lipinski definition) is 1. The highest BCUT2D eigenvalue weighted by Crippen LogP contribution is 2.43. The van der Waals surface area contributed by atoms with Gasteiger partial charge in [0.2, 0.25) is 11.8 Å². The van der Waals surface area contributed by atoms with Gasteiger partial charge < -0.3 is 10.2 Å². The van der Waals surface area contributed by atoms with Crippen LogP contribution in [0.15, 0.2) is 30.3 Å². The van der Waals surface area contributed by atoms with E-state index < -0.39 is 0 Å². The monoisotopic (exact) mass is 304 g/mol. The van der Waals surface area contributed by atoms with E-state index in [0.29, 0.717) is 18.2 Å². The molecule has 0 aromatic heterocycles. The summed E-state index contributed by atoms with van der Waals surface area (Å²) in [7, 11) is 0. The van der Waals surface area contributed by atoms with Crippen molar-refractivity contribution in [2.24, 2.45) is 0 Å². The van der Waals surface area contributed by atoms with Gasteiger partial charge in [0.15, 0.2) is 0 Å². The number of carbonyl (C=O) groups excluding carboxylic acids is 2. The summed E-state index contributed by atoms with van der Waals surface area (Å²) < 4.78 is 0. The lowest BCUT2D eigenvalue weighted by molar-refractivity contribution is -0.132. The summed E-state index contributed by atoms with van der Waals surface area (Å²) in [4.78, 5) is 25.2. The van der Waals surface area contributed by atoms with Crippen molar-refractivity contribution in [2.75, 3.05) is 24.7 Å². The molecule has 1 aromatic rings. The fourth-order valence-electron chi connectivity index (χ4n) is 3.00. The molecule has 1 heterocycles. The summed E-state index contributed by atoms with van der Waals surface area (Å²) in [5, 5.41) is 3.03. The van der Waals surface area contributed by atoms with E-state index in [1.807, 2.05) is 6.07 Å². The molecule has 0 radical (unpaired) electrons. The lowest BCUT2D eigenvalue weighted by Crippen LogP contribution is -2.48. The fraction of sp³-hybridized carbons (Fsp3) is 0.500. The quantitative estimate of drug-likeness (QED) is 0.902. The van der Waals surface area contributed by atoms with Gasteiger partial charge in [0, 0.05) is 12.0 Å². The van der Waals surface area contributed by atoms with E-state index in [1.54, 1.807) is 16.7 Å². The van der Waals surface area contributed by atoms with Crippen molar-refractivity contribution in [3.8, 4) is 0 Å². The van der Waals surface area contributed by atoms with Crippen molar-refractivity contribution in [3.05, 3.63) is 35.9 Å². The maximum absolute atomic E-state index is 12.0. The largest absolute Gasteiger partial charge is 0.354 e. The van der Waals surface area contributed by atoms with Crippen LogP contribution in [-0.2, 0) is 15.0 Å². The number of rotatable bonds is 5. The predicted octanol–water partition coefficient (Wildman–Crippen LogP) is 1.76. The van der Waals surface area contributed by atoms with Crippen LogP contribution in [-0.4, -0.2) is 41.4 Å². The first kappa shape index (κ1) is 14.4. The Morgan fingerprint density at radius 3 is 2.62 bits per heavy atom. The van der Waals surface area contributed by atoms with Gasteiger partial charge in [-0.15, -0.1) is 11.8 Å². The van der Waals surface area contributed by atoms with Crippen molar-refractivity contribution in [1.29, 1.82) is 0 Å². The molecule has 0 spiro atoms. The van der Waals surface area contributed by atoms with Gasteiger partial charge in [-0.2, -0.15) is 0 Å². The van der Waals surface area contributed by atoms with Crippen LogP contribution in [0.4, 0.5) is 0 Å². The molecule has 21 heavy (non-hydrogen) atoms. The van der Waals surface area contributed by atoms with Gasteiger partial charge in [0.1, 0.15) is 6.54 Å². The van der Waals surface area contributed by atoms with Crippen molar-refractivity contribution >= 4 is 23.6 Å². The van der Waals surface area contributed by atoms with E-state index in [9.17, 15) is 9.59 Å². The van der Waals surface area contributed by atoms with E-state index in [1.165, 1.54) is 12.0 Å². The Balaban J connectivity index is 1.56. The highest BCUT2D eigenvalue weighted by molar-refractivity contribution is 8.00. The lowest BCUT2D eigenvalue weighted by atomic mass is 9.64. The molecular weight excluding hydrogens is 284 g/mol. The summed E-state index contributed by atoms with van der Waals surface area (Å²) in [5.74, 6) is 1.15. The number of benzene rings is 1. The van der Waals surface area contributed by atoms with Crippen LogP contribution < -0.4 is 5.32 Å². The molecule has 112 valence electrons. The first-order valence-electron chi connectivity index (χ1n) is 7.37. The molecule has 0 bridgehead atoms. The molecule has 1 N–H and O–H groups in total. The minimum Gasteiger partial charge on any atom is -0.354 e. The number of nitrogens with zero attached hydrogens (tertiary/aromatic N) is 1. The van der Waals surface area contributed by atoms with Crippen LogP contribution in [0.3, 0.4) is 0 Å². The number of hydrogen-bond acceptors (Lipinski definition) is 3. The second kappa shape index (κ2) is 6.10. The number of thioether (sulfide) groups is 1. The Labute approximate surface area is 129 Å². The van der Waals surface area contributed by atoms with Crippen LogP contribution in [0.5, 0.6) is 0 Å². The molecule has 0 unspecified atom stereocenters. The fourth-order valence-corrected chi connectivity index (χ4v) is 3.90. The second-order valence-corrected chi connectivity index (χ2v) is 6.80. The normalized spacial score (nSPS) is 20.2. The smallest absolute Gasteiger partial charge is 0.239 e. The summed E-state index contributed by atoms with van der Waals surface area (Å²) in [6.07, 6.45) is 3.46. The minimum absolute atomic E-state index is 0.0481. The standard InChI is InChI=1S/C16H20N2O2S/c19-14(9-18-12-21-10-15(18)20)17-11-16(7-4-8-16)13-5-2-1-3-6-13/h1-3,5-6H,4,7-12H2,(H,17,19). The van der Waals surface area contributed by atoms with Gasteiger partial charge in [0.05, 0.1) is 11.6 Å². The Kier molecular flexibility index (Phi) is 4.19. The Morgan fingerprint density at radius 1 is 1.29 bits per heavy atom. The molecule has 2 amide bonds. The third kappa shape index (κ3) is 3.07. The van der Waals surface area contributed by atoms with E-state index in [-0.39, 0.29) is 23.8 Å². The topological polar surface area (TPSA) is 49.4 Å². The molecular formula is C16H20N2O2S. The molecule has 4 nitrogen and oxygen atoms in total. The maximum Gasteiger partial charge on any atom is 0.239 e. The zero-order valence-electron chi connectivity index (χ0n) is 12.0. The SMILES string of the molecule is O=C(CN1CSCC1=O)NCC1(c2ccccc2)CCC1. The summed E-state index contributed by atoms with van der Waals surface area (Å²) >= 11 is 1.56. The highest BCUT2D eigenvalue weighted by Gasteiger charge is 2.38. The molecule has 2 fully saturated rings. The second-order valence-electron chi connectivity index (χ2n) is 5.85. The third-order valence-electron chi connectivity index (χ3n) is 4.48. The number of amides is 2. The van der Waals surface area contributed by atoms with Gasteiger partial charge in [-0.25, -0.2) is 0 Å². The zero-order valence-corrected chi connectivity index (χ0v) is 12.8. The van der Waals surface area contributed by atoms with Crippen molar-refractivity contribution in [3.63, 3.8) is 0 Å². The van der Waals surface area contributed by atoms with Gasteiger partial charge in [-0.05, 0) is 18.4 Å². The number of nitrogens with one attached hydrogen (secondary N) is 1. The Bertz CT molecular complexity index is 528.